The number of anilines is 2. The van der Waals surface area contributed by atoms with Gasteiger partial charge in [0.15, 0.2) is 5.16 Å². The third-order valence-corrected chi connectivity index (χ3v) is 4.39. The highest BCUT2D eigenvalue weighted by Gasteiger charge is 2.07. The van der Waals surface area contributed by atoms with Gasteiger partial charge in [0.1, 0.15) is 17.4 Å². The van der Waals surface area contributed by atoms with Crippen molar-refractivity contribution < 1.29 is 4.74 Å². The molecule has 0 spiro atoms. The Kier molecular flexibility index (Phi) is 7.85. The SMILES string of the molecule is CCCCCCOc1cc(C)ccc1CNc1cc(N)nc(SC)n1. The molecule has 0 fully saturated rings. The first kappa shape index (κ1) is 19.4. The average molecular weight is 361 g/mol. The lowest BCUT2D eigenvalue weighted by Gasteiger charge is -2.14. The molecule has 25 heavy (non-hydrogen) atoms. The zero-order valence-electron chi connectivity index (χ0n) is 15.3. The van der Waals surface area contributed by atoms with Crippen LogP contribution in [0, 0.1) is 6.92 Å². The fourth-order valence-electron chi connectivity index (χ4n) is 2.46. The number of nitrogens with one attached hydrogen (secondary N) is 1. The number of aryl methyl sites for hydroxylation is 1. The fourth-order valence-corrected chi connectivity index (χ4v) is 2.85. The second-order valence-electron chi connectivity index (χ2n) is 6.04. The number of thioether (sulfide) groups is 1. The summed E-state index contributed by atoms with van der Waals surface area (Å²) in [6, 6.07) is 8.05. The highest BCUT2D eigenvalue weighted by molar-refractivity contribution is 7.98. The summed E-state index contributed by atoms with van der Waals surface area (Å²) in [5, 5.41) is 3.99. The van der Waals surface area contributed by atoms with Gasteiger partial charge in [-0.25, -0.2) is 9.97 Å². The van der Waals surface area contributed by atoms with Crippen LogP contribution in [0.2, 0.25) is 0 Å². The lowest BCUT2D eigenvalue weighted by atomic mass is 10.1. The van der Waals surface area contributed by atoms with Crippen LogP contribution in [0.3, 0.4) is 0 Å². The highest BCUT2D eigenvalue weighted by atomic mass is 32.2. The largest absolute Gasteiger partial charge is 0.493 e. The molecule has 3 N–H and O–H groups in total. The number of nitrogens with zero attached hydrogens (tertiary/aromatic N) is 2. The minimum absolute atomic E-state index is 0.471. The zero-order valence-corrected chi connectivity index (χ0v) is 16.2. The van der Waals surface area contributed by atoms with Crippen molar-refractivity contribution >= 4 is 23.4 Å². The molecule has 0 aliphatic rings. The molecule has 2 rings (SSSR count). The van der Waals surface area contributed by atoms with Crippen LogP contribution < -0.4 is 15.8 Å². The van der Waals surface area contributed by atoms with Crippen molar-refractivity contribution in [3.05, 3.63) is 35.4 Å². The summed E-state index contributed by atoms with van der Waals surface area (Å²) in [6.07, 6.45) is 6.74. The number of ether oxygens (including phenoxy) is 1. The molecular weight excluding hydrogens is 332 g/mol. The van der Waals surface area contributed by atoms with Crippen LogP contribution >= 0.6 is 11.8 Å². The average Bonchev–Trinajstić information content (AvgIpc) is 2.60. The minimum Gasteiger partial charge on any atom is -0.493 e. The van der Waals surface area contributed by atoms with Gasteiger partial charge in [-0.1, -0.05) is 50.1 Å². The van der Waals surface area contributed by atoms with E-state index in [2.05, 4.69) is 47.3 Å². The fraction of sp³-hybridized carbons (Fsp3) is 0.474. The van der Waals surface area contributed by atoms with E-state index < -0.39 is 0 Å². The molecule has 136 valence electrons. The highest BCUT2D eigenvalue weighted by Crippen LogP contribution is 2.23. The maximum atomic E-state index is 6.02. The molecule has 6 heteroatoms. The first-order chi connectivity index (χ1) is 12.1. The zero-order chi connectivity index (χ0) is 18.1. The smallest absolute Gasteiger partial charge is 0.191 e. The van der Waals surface area contributed by atoms with Crippen molar-refractivity contribution in [3.63, 3.8) is 0 Å². The molecule has 0 bridgehead atoms. The number of rotatable bonds is 10. The van der Waals surface area contributed by atoms with E-state index >= 15 is 0 Å². The maximum Gasteiger partial charge on any atom is 0.191 e. The molecule has 0 saturated heterocycles. The predicted molar refractivity (Wildman–Crippen MR) is 106 cm³/mol. The summed E-state index contributed by atoms with van der Waals surface area (Å²) in [5.41, 5.74) is 8.14. The van der Waals surface area contributed by atoms with E-state index in [-0.39, 0.29) is 0 Å². The number of benzene rings is 1. The van der Waals surface area contributed by atoms with E-state index in [9.17, 15) is 0 Å². The Morgan fingerprint density at radius 1 is 1.16 bits per heavy atom. The molecule has 0 atom stereocenters. The van der Waals surface area contributed by atoms with E-state index in [1.807, 2.05) is 6.26 Å². The number of aromatic nitrogens is 2. The number of unbranched alkanes of at least 4 members (excludes halogenated alkanes) is 3. The van der Waals surface area contributed by atoms with Gasteiger partial charge in [-0.3, -0.25) is 0 Å². The Labute approximate surface area is 154 Å². The third kappa shape index (κ3) is 6.46. The number of nitrogen functional groups attached to an aromatic ring is 1. The first-order valence-corrected chi connectivity index (χ1v) is 9.99. The Hall–Kier alpha value is -1.95. The van der Waals surface area contributed by atoms with Gasteiger partial charge in [0, 0.05) is 18.2 Å². The van der Waals surface area contributed by atoms with Crippen LogP contribution in [0.4, 0.5) is 11.6 Å². The topological polar surface area (TPSA) is 73.1 Å². The van der Waals surface area contributed by atoms with Gasteiger partial charge in [0.25, 0.3) is 0 Å². The molecular formula is C19H28N4OS. The Bertz CT molecular complexity index is 678. The van der Waals surface area contributed by atoms with Crippen molar-refractivity contribution in [3.8, 4) is 5.75 Å². The Morgan fingerprint density at radius 3 is 2.76 bits per heavy atom. The van der Waals surface area contributed by atoms with E-state index in [0.29, 0.717) is 17.5 Å². The Morgan fingerprint density at radius 2 is 2.00 bits per heavy atom. The number of hydrogen-bond donors (Lipinski definition) is 2. The molecule has 0 saturated carbocycles. The molecule has 1 aromatic carbocycles. The third-order valence-electron chi connectivity index (χ3n) is 3.85. The minimum atomic E-state index is 0.471. The summed E-state index contributed by atoms with van der Waals surface area (Å²) in [5.74, 6) is 2.14. The van der Waals surface area contributed by atoms with Crippen molar-refractivity contribution in [1.82, 2.24) is 9.97 Å². The molecule has 5 nitrogen and oxygen atoms in total. The maximum absolute atomic E-state index is 6.02. The molecule has 0 aliphatic heterocycles. The van der Waals surface area contributed by atoms with Crippen molar-refractivity contribution in [2.45, 2.75) is 51.2 Å². The number of nitrogens with two attached hydrogens (primary N) is 1. The molecule has 0 amide bonds. The van der Waals surface area contributed by atoms with Gasteiger partial charge >= 0.3 is 0 Å². The van der Waals surface area contributed by atoms with Gasteiger partial charge in [-0.15, -0.1) is 0 Å². The van der Waals surface area contributed by atoms with Gasteiger partial charge in [0.2, 0.25) is 0 Å². The summed E-state index contributed by atoms with van der Waals surface area (Å²) in [7, 11) is 0. The quantitative estimate of drug-likeness (QED) is 0.365. The number of hydrogen-bond acceptors (Lipinski definition) is 6. The van der Waals surface area contributed by atoms with E-state index in [1.54, 1.807) is 6.07 Å². The predicted octanol–water partition coefficient (Wildman–Crippen LogP) is 4.66. The van der Waals surface area contributed by atoms with Crippen molar-refractivity contribution in [2.24, 2.45) is 0 Å². The second-order valence-corrected chi connectivity index (χ2v) is 6.81. The molecule has 0 aliphatic carbocycles. The molecule has 1 aromatic heterocycles. The standard InChI is InChI=1S/C19H28N4OS/c1-4-5-6-7-10-24-16-11-14(2)8-9-15(16)13-21-18-12-17(20)22-19(23-18)25-3/h8-9,11-12H,4-7,10,13H2,1-3H3,(H3,20,21,22,23). The van der Waals surface area contributed by atoms with Crippen LogP contribution in [0.25, 0.3) is 0 Å². The summed E-state index contributed by atoms with van der Waals surface area (Å²) in [4.78, 5) is 8.60. The molecule has 2 aromatic rings. The monoisotopic (exact) mass is 360 g/mol. The second kappa shape index (κ2) is 10.1. The van der Waals surface area contributed by atoms with E-state index in [1.165, 1.54) is 36.6 Å². The van der Waals surface area contributed by atoms with Gasteiger partial charge in [0.05, 0.1) is 6.61 Å². The first-order valence-electron chi connectivity index (χ1n) is 8.77. The van der Waals surface area contributed by atoms with Crippen LogP contribution in [-0.4, -0.2) is 22.8 Å². The summed E-state index contributed by atoms with van der Waals surface area (Å²) < 4.78 is 6.02. The summed E-state index contributed by atoms with van der Waals surface area (Å²) in [6.45, 7) is 5.69. The molecule has 1 heterocycles. The van der Waals surface area contributed by atoms with E-state index in [4.69, 9.17) is 10.5 Å². The van der Waals surface area contributed by atoms with Crippen LogP contribution in [-0.2, 0) is 6.54 Å². The Balaban J connectivity index is 2.00. The van der Waals surface area contributed by atoms with Crippen molar-refractivity contribution in [1.29, 1.82) is 0 Å². The van der Waals surface area contributed by atoms with Crippen LogP contribution in [0.5, 0.6) is 5.75 Å². The summed E-state index contributed by atoms with van der Waals surface area (Å²) >= 11 is 1.47. The normalized spacial score (nSPS) is 10.7. The van der Waals surface area contributed by atoms with Gasteiger partial charge in [-0.05, 0) is 31.2 Å². The van der Waals surface area contributed by atoms with E-state index in [0.717, 1.165) is 30.2 Å². The van der Waals surface area contributed by atoms with Gasteiger partial charge < -0.3 is 15.8 Å². The molecule has 0 radical (unpaired) electrons. The van der Waals surface area contributed by atoms with Gasteiger partial charge in [-0.2, -0.15) is 0 Å². The van der Waals surface area contributed by atoms with Crippen molar-refractivity contribution in [2.75, 3.05) is 23.9 Å². The molecule has 0 unspecified atom stereocenters. The lowest BCUT2D eigenvalue weighted by Crippen LogP contribution is -2.07. The van der Waals surface area contributed by atoms with Crippen LogP contribution in [0.15, 0.2) is 29.4 Å². The lowest BCUT2D eigenvalue weighted by molar-refractivity contribution is 0.302. The van der Waals surface area contributed by atoms with Crippen LogP contribution in [0.1, 0.15) is 43.7 Å².